The second-order valence-corrected chi connectivity index (χ2v) is 14.6. The predicted octanol–water partition coefficient (Wildman–Crippen LogP) is 7.05. The molecule has 2 aliphatic heterocycles. The van der Waals surface area contributed by atoms with Gasteiger partial charge in [-0.05, 0) is 80.6 Å². The molecule has 2 aliphatic carbocycles. The van der Waals surface area contributed by atoms with E-state index in [4.69, 9.17) is 4.74 Å². The first-order chi connectivity index (χ1) is 24.7. The summed E-state index contributed by atoms with van der Waals surface area (Å²) in [5, 5.41) is 13.0. The van der Waals surface area contributed by atoms with E-state index in [1.54, 1.807) is 42.5 Å². The number of imide groups is 2. The quantitative estimate of drug-likeness (QED) is 0.154. The van der Waals surface area contributed by atoms with Gasteiger partial charge < -0.3 is 9.84 Å². The summed E-state index contributed by atoms with van der Waals surface area (Å²) >= 11 is 3.44. The fourth-order valence-electron chi connectivity index (χ4n) is 8.98. The molecule has 8 rings (SSSR count). The lowest BCUT2D eigenvalue weighted by atomic mass is 9.49. The van der Waals surface area contributed by atoms with Crippen molar-refractivity contribution in [3.8, 4) is 11.5 Å². The number of phenols is 1. The van der Waals surface area contributed by atoms with E-state index in [-0.39, 0.29) is 36.2 Å². The summed E-state index contributed by atoms with van der Waals surface area (Å²) in [5.41, 5.74) is 5.50. The van der Waals surface area contributed by atoms with Crippen molar-refractivity contribution in [3.63, 3.8) is 0 Å². The summed E-state index contributed by atoms with van der Waals surface area (Å²) in [7, 11) is 0. The van der Waals surface area contributed by atoms with Gasteiger partial charge in [-0.1, -0.05) is 87.7 Å². The Morgan fingerprint density at radius 1 is 0.863 bits per heavy atom. The number of nitrogens with zero attached hydrogens (tertiary/aromatic N) is 2. The number of fused-ring (bicyclic) bond motifs is 4. The van der Waals surface area contributed by atoms with Gasteiger partial charge in [0.15, 0.2) is 11.5 Å². The molecule has 4 aromatic carbocycles. The molecule has 2 N–H and O–H groups in total. The van der Waals surface area contributed by atoms with Crippen LogP contribution < -0.4 is 15.1 Å². The van der Waals surface area contributed by atoms with E-state index in [2.05, 4.69) is 21.4 Å². The fourth-order valence-corrected chi connectivity index (χ4v) is 9.24. The van der Waals surface area contributed by atoms with Gasteiger partial charge >= 0.3 is 0 Å². The Morgan fingerprint density at radius 2 is 1.59 bits per heavy atom. The van der Waals surface area contributed by atoms with E-state index in [9.17, 15) is 19.5 Å². The molecular weight excluding hydrogens is 710 g/mol. The molecule has 2 saturated heterocycles. The van der Waals surface area contributed by atoms with Gasteiger partial charge in [-0.2, -0.15) is 5.01 Å². The average Bonchev–Trinajstić information content (AvgIpc) is 3.52. The minimum Gasteiger partial charge on any atom is -0.504 e. The molecule has 6 unspecified atom stereocenters. The van der Waals surface area contributed by atoms with Gasteiger partial charge in [-0.3, -0.25) is 29.5 Å². The van der Waals surface area contributed by atoms with Gasteiger partial charge in [-0.25, -0.2) is 0 Å². The largest absolute Gasteiger partial charge is 0.504 e. The third-order valence-electron chi connectivity index (χ3n) is 11.1. The zero-order valence-corrected chi connectivity index (χ0v) is 29.7. The summed E-state index contributed by atoms with van der Waals surface area (Å²) < 4.78 is 6.65. The zero-order valence-electron chi connectivity index (χ0n) is 28.1. The van der Waals surface area contributed by atoms with Crippen LogP contribution in [-0.2, 0) is 24.6 Å². The molecule has 0 spiro atoms. The molecule has 1 saturated carbocycles. The van der Waals surface area contributed by atoms with Crippen molar-refractivity contribution in [2.24, 2.45) is 23.7 Å². The number of amides is 4. The number of halogens is 1. The lowest BCUT2D eigenvalue weighted by Gasteiger charge is -2.50. The lowest BCUT2D eigenvalue weighted by molar-refractivity contribution is -0.138. The molecule has 2 heterocycles. The van der Waals surface area contributed by atoms with Crippen LogP contribution in [0.2, 0.25) is 0 Å². The average molecular weight is 747 g/mol. The first-order valence-electron chi connectivity index (χ1n) is 17.2. The Kier molecular flexibility index (Phi) is 8.09. The van der Waals surface area contributed by atoms with Crippen molar-refractivity contribution in [1.29, 1.82) is 0 Å². The molecule has 0 radical (unpaired) electrons. The topological polar surface area (TPSA) is 116 Å². The molecule has 3 fully saturated rings. The smallest absolute Gasteiger partial charge is 0.260 e. The Morgan fingerprint density at radius 3 is 2.29 bits per heavy atom. The Balaban J connectivity index is 1.33. The van der Waals surface area contributed by atoms with Crippen LogP contribution in [0.3, 0.4) is 0 Å². The third kappa shape index (κ3) is 4.94. The highest BCUT2D eigenvalue weighted by atomic mass is 79.9. The van der Waals surface area contributed by atoms with E-state index in [1.807, 2.05) is 74.5 Å². The second-order valence-electron chi connectivity index (χ2n) is 13.7. The number of aromatic hydroxyl groups is 1. The van der Waals surface area contributed by atoms with Gasteiger partial charge in [0.2, 0.25) is 11.8 Å². The van der Waals surface area contributed by atoms with Crippen LogP contribution in [0.25, 0.3) is 0 Å². The van der Waals surface area contributed by atoms with E-state index >= 15 is 4.79 Å². The van der Waals surface area contributed by atoms with E-state index in [1.165, 1.54) is 4.90 Å². The second kappa shape index (κ2) is 12.5. The maximum Gasteiger partial charge on any atom is 0.260 e. The zero-order chi connectivity index (χ0) is 35.6. The van der Waals surface area contributed by atoms with Gasteiger partial charge in [0.25, 0.3) is 11.8 Å². The van der Waals surface area contributed by atoms with Gasteiger partial charge in [0.1, 0.15) is 0 Å². The van der Waals surface area contributed by atoms with E-state index < -0.39 is 46.8 Å². The molecular formula is C41H36BrN3O6. The number of para-hydroxylation sites is 1. The number of hydrogen-bond donors (Lipinski definition) is 2. The standard InChI is InChI=1S/C41H36BrN3O6/c1-3-51-33-11-7-10-30(36(33)46)35-28-20-21-29-34(39(49)44(37(29)47)27-18-14-25(42)15-19-27)31(28)22-32-38(48)45(43-26-16-12-23(2)13-17-26)40(50)41(32,35)24-8-5-4-6-9-24/h4-20,29,31-32,34-35,43,46H,3,21-22H2,1-2H3. The Bertz CT molecular complexity index is 2100. The van der Waals surface area contributed by atoms with Gasteiger partial charge in [-0.15, -0.1) is 0 Å². The minimum atomic E-state index is -1.50. The summed E-state index contributed by atoms with van der Waals surface area (Å²) in [6.45, 7) is 4.08. The molecule has 4 amide bonds. The molecule has 4 aliphatic rings. The van der Waals surface area contributed by atoms with Crippen molar-refractivity contribution in [2.45, 2.75) is 38.0 Å². The number of hydrogen-bond acceptors (Lipinski definition) is 7. The van der Waals surface area contributed by atoms with Gasteiger partial charge in [0.05, 0.1) is 41.2 Å². The lowest BCUT2D eigenvalue weighted by Crippen LogP contribution is -2.53. The molecule has 10 heteroatoms. The molecule has 51 heavy (non-hydrogen) atoms. The highest BCUT2D eigenvalue weighted by Gasteiger charge is 2.70. The van der Waals surface area contributed by atoms with Crippen LogP contribution in [0.5, 0.6) is 11.5 Å². The number of benzene rings is 4. The van der Waals surface area contributed by atoms with Gasteiger partial charge in [0, 0.05) is 16.0 Å². The van der Waals surface area contributed by atoms with Crippen LogP contribution in [0.1, 0.15) is 42.4 Å². The number of rotatable bonds is 7. The normalized spacial score (nSPS) is 26.8. The number of anilines is 2. The van der Waals surface area contributed by atoms with Crippen LogP contribution >= 0.6 is 15.9 Å². The number of ether oxygens (including phenoxy) is 1. The predicted molar refractivity (Wildman–Crippen MR) is 195 cm³/mol. The maximum atomic E-state index is 15.3. The number of phenolic OH excluding ortho intramolecular Hbond substituents is 1. The SMILES string of the molecule is CCOc1cccc(C2C3=CCC4C(=O)N(c5ccc(Br)cc5)C(=O)C4C3CC3C(=O)N(Nc4ccc(C)cc4)C(=O)C32c2ccccc2)c1O. The number of nitrogens with one attached hydrogen (secondary N) is 1. The molecule has 6 atom stereocenters. The van der Waals surface area contributed by atoms with Crippen LogP contribution in [0.4, 0.5) is 11.4 Å². The maximum absolute atomic E-state index is 15.3. The highest BCUT2D eigenvalue weighted by Crippen LogP contribution is 2.65. The third-order valence-corrected chi connectivity index (χ3v) is 11.6. The summed E-state index contributed by atoms with van der Waals surface area (Å²) in [6.07, 6.45) is 2.42. The number of allylic oxidation sites excluding steroid dienone is 2. The number of aryl methyl sites for hydroxylation is 1. The monoisotopic (exact) mass is 745 g/mol. The van der Waals surface area contributed by atoms with Crippen LogP contribution in [-0.4, -0.2) is 40.4 Å². The minimum absolute atomic E-state index is 0.127. The van der Waals surface area contributed by atoms with Crippen LogP contribution in [0, 0.1) is 30.6 Å². The highest BCUT2D eigenvalue weighted by molar-refractivity contribution is 9.10. The first-order valence-corrected chi connectivity index (χ1v) is 18.0. The molecule has 9 nitrogen and oxygen atoms in total. The molecule has 258 valence electrons. The molecule has 0 aromatic heterocycles. The van der Waals surface area contributed by atoms with Crippen molar-refractivity contribution in [3.05, 3.63) is 130 Å². The Hall–Kier alpha value is -5.22. The van der Waals surface area contributed by atoms with Crippen molar-refractivity contribution < 1.29 is 29.0 Å². The van der Waals surface area contributed by atoms with Crippen LogP contribution in [0.15, 0.2) is 113 Å². The number of carbonyl (C=O) groups is 4. The van der Waals surface area contributed by atoms with Crippen molar-refractivity contribution in [1.82, 2.24) is 5.01 Å². The first kappa shape index (κ1) is 33.0. The fraction of sp³-hybridized carbons (Fsp3) is 0.268. The summed E-state index contributed by atoms with van der Waals surface area (Å²) in [6, 6.07) is 28.9. The number of hydrazine groups is 1. The summed E-state index contributed by atoms with van der Waals surface area (Å²) in [5.74, 6) is -5.10. The summed E-state index contributed by atoms with van der Waals surface area (Å²) in [4.78, 5) is 59.9. The van der Waals surface area contributed by atoms with Crippen molar-refractivity contribution >= 4 is 50.9 Å². The molecule has 0 bridgehead atoms. The number of carbonyl (C=O) groups excluding carboxylic acids is 4. The Labute approximate surface area is 304 Å². The van der Waals surface area contributed by atoms with E-state index in [0.29, 0.717) is 29.1 Å². The van der Waals surface area contributed by atoms with E-state index in [0.717, 1.165) is 20.6 Å². The van der Waals surface area contributed by atoms with Crippen molar-refractivity contribution in [2.75, 3.05) is 16.9 Å². The molecule has 4 aromatic rings.